The van der Waals surface area contributed by atoms with Crippen LogP contribution in [0, 0.1) is 0 Å². The summed E-state index contributed by atoms with van der Waals surface area (Å²) in [5.74, 6) is 0.490. The van der Waals surface area contributed by atoms with Crippen molar-refractivity contribution in [3.05, 3.63) is 82.5 Å². The second kappa shape index (κ2) is 9.83. The van der Waals surface area contributed by atoms with Crippen molar-refractivity contribution in [1.29, 1.82) is 0 Å². The summed E-state index contributed by atoms with van der Waals surface area (Å²) in [5.41, 5.74) is 1.41. The number of hydrogen-bond acceptors (Lipinski definition) is 4. The van der Waals surface area contributed by atoms with Gasteiger partial charge in [0.05, 0.1) is 6.42 Å². The van der Waals surface area contributed by atoms with Crippen LogP contribution in [-0.2, 0) is 21.6 Å². The molecule has 1 N–H and O–H groups in total. The summed E-state index contributed by atoms with van der Waals surface area (Å²) in [7, 11) is 0. The zero-order chi connectivity index (χ0) is 19.8. The van der Waals surface area contributed by atoms with Crippen LogP contribution in [0.1, 0.15) is 50.2 Å². The van der Waals surface area contributed by atoms with Gasteiger partial charge in [0.25, 0.3) is 0 Å². The summed E-state index contributed by atoms with van der Waals surface area (Å²) < 4.78 is 6.01. The molecular formula is C24H28O3S. The monoisotopic (exact) mass is 396 g/mol. The van der Waals surface area contributed by atoms with Crippen molar-refractivity contribution in [2.45, 2.75) is 51.0 Å². The quantitative estimate of drug-likeness (QED) is 0.408. The summed E-state index contributed by atoms with van der Waals surface area (Å²) in [5, 5.41) is 10.7. The van der Waals surface area contributed by atoms with E-state index in [0.29, 0.717) is 11.3 Å². The van der Waals surface area contributed by atoms with Gasteiger partial charge in [-0.3, -0.25) is 0 Å². The number of hydrogen-bond donors (Lipinski definition) is 1. The van der Waals surface area contributed by atoms with Gasteiger partial charge in [-0.25, -0.2) is 4.79 Å². The molecule has 1 heterocycles. The Morgan fingerprint density at radius 2 is 1.71 bits per heavy atom. The lowest BCUT2D eigenvalue weighted by atomic mass is 9.83. The highest BCUT2D eigenvalue weighted by Crippen LogP contribution is 2.43. The average molecular weight is 397 g/mol. The van der Waals surface area contributed by atoms with Gasteiger partial charge in [-0.05, 0) is 30.4 Å². The van der Waals surface area contributed by atoms with Gasteiger partial charge in [0.2, 0.25) is 0 Å². The highest BCUT2D eigenvalue weighted by atomic mass is 32.2. The first-order chi connectivity index (χ1) is 13.6. The van der Waals surface area contributed by atoms with E-state index in [1.165, 1.54) is 17.3 Å². The lowest BCUT2D eigenvalue weighted by molar-refractivity contribution is -0.160. The molecule has 0 fully saturated rings. The Morgan fingerprint density at radius 1 is 1.04 bits per heavy atom. The van der Waals surface area contributed by atoms with Crippen LogP contribution in [0.5, 0.6) is 0 Å². The Kier molecular flexibility index (Phi) is 7.21. The van der Waals surface area contributed by atoms with Crippen molar-refractivity contribution < 1.29 is 14.6 Å². The SMILES string of the molecule is CCCCCC1(c2ccccc2)CC(O)=C(SCCc2ccccc2)C(=O)O1. The summed E-state index contributed by atoms with van der Waals surface area (Å²) in [6.45, 7) is 2.15. The van der Waals surface area contributed by atoms with Crippen LogP contribution in [0.2, 0.25) is 0 Å². The van der Waals surface area contributed by atoms with Crippen LogP contribution in [0.25, 0.3) is 0 Å². The van der Waals surface area contributed by atoms with E-state index >= 15 is 0 Å². The number of esters is 1. The molecule has 1 unspecified atom stereocenters. The number of carbonyl (C=O) groups excluding carboxylic acids is 1. The molecule has 0 saturated carbocycles. The van der Waals surface area contributed by atoms with E-state index in [4.69, 9.17) is 4.74 Å². The zero-order valence-corrected chi connectivity index (χ0v) is 17.2. The lowest BCUT2D eigenvalue weighted by Gasteiger charge is -2.37. The maximum atomic E-state index is 12.8. The first kappa shape index (κ1) is 20.5. The molecule has 0 amide bonds. The normalized spacial score (nSPS) is 19.5. The molecule has 0 radical (unpaired) electrons. The summed E-state index contributed by atoms with van der Waals surface area (Å²) in [6.07, 6.45) is 5.05. The topological polar surface area (TPSA) is 46.5 Å². The van der Waals surface area contributed by atoms with Crippen LogP contribution in [0.4, 0.5) is 0 Å². The van der Waals surface area contributed by atoms with Crippen LogP contribution >= 0.6 is 11.8 Å². The van der Waals surface area contributed by atoms with E-state index < -0.39 is 11.6 Å². The van der Waals surface area contributed by atoms with Crippen molar-refractivity contribution in [2.75, 3.05) is 5.75 Å². The third kappa shape index (κ3) is 4.99. The number of benzene rings is 2. The van der Waals surface area contributed by atoms with E-state index in [-0.39, 0.29) is 5.76 Å². The predicted molar refractivity (Wildman–Crippen MR) is 115 cm³/mol. The Bertz CT molecular complexity index is 801. The van der Waals surface area contributed by atoms with Crippen LogP contribution in [0.3, 0.4) is 0 Å². The average Bonchev–Trinajstić information content (AvgIpc) is 2.72. The van der Waals surface area contributed by atoms with Gasteiger partial charge in [0, 0.05) is 5.75 Å². The van der Waals surface area contributed by atoms with E-state index in [1.807, 2.05) is 48.5 Å². The maximum absolute atomic E-state index is 12.8. The third-order valence-electron chi connectivity index (χ3n) is 5.15. The first-order valence-electron chi connectivity index (χ1n) is 10.0. The highest BCUT2D eigenvalue weighted by molar-refractivity contribution is 8.04. The minimum Gasteiger partial charge on any atom is -0.511 e. The molecule has 3 rings (SSSR count). The zero-order valence-electron chi connectivity index (χ0n) is 16.4. The Balaban J connectivity index is 1.74. The van der Waals surface area contributed by atoms with Crippen molar-refractivity contribution in [1.82, 2.24) is 0 Å². The van der Waals surface area contributed by atoms with Crippen molar-refractivity contribution in [3.63, 3.8) is 0 Å². The fraction of sp³-hybridized carbons (Fsp3) is 0.375. The maximum Gasteiger partial charge on any atom is 0.348 e. The number of aliphatic hydroxyl groups excluding tert-OH is 1. The molecule has 28 heavy (non-hydrogen) atoms. The van der Waals surface area contributed by atoms with E-state index in [1.54, 1.807) is 0 Å². The molecule has 0 bridgehead atoms. The second-order valence-corrected chi connectivity index (χ2v) is 8.35. The molecule has 0 spiro atoms. The van der Waals surface area contributed by atoms with Gasteiger partial charge >= 0.3 is 5.97 Å². The Hall–Kier alpha value is -2.20. The van der Waals surface area contributed by atoms with Gasteiger partial charge in [-0.1, -0.05) is 80.4 Å². The lowest BCUT2D eigenvalue weighted by Crippen LogP contribution is -2.37. The van der Waals surface area contributed by atoms with Gasteiger partial charge in [0.15, 0.2) is 0 Å². The molecule has 1 aliphatic heterocycles. The molecule has 148 valence electrons. The molecule has 2 aromatic rings. The minimum atomic E-state index is -0.763. The standard InChI is InChI=1S/C24H28O3S/c1-2-3-10-16-24(20-13-8-5-9-14-20)18-21(25)22(23(26)27-24)28-17-15-19-11-6-4-7-12-19/h4-9,11-14,25H,2-3,10,15-18H2,1H3. The summed E-state index contributed by atoms with van der Waals surface area (Å²) >= 11 is 1.39. The Labute approximate surface area is 171 Å². The fourth-order valence-electron chi connectivity index (χ4n) is 3.63. The van der Waals surface area contributed by atoms with Crippen LogP contribution in [0.15, 0.2) is 71.3 Å². The first-order valence-corrected chi connectivity index (χ1v) is 11.0. The summed E-state index contributed by atoms with van der Waals surface area (Å²) in [4.78, 5) is 13.2. The van der Waals surface area contributed by atoms with Gasteiger partial charge in [-0.2, -0.15) is 0 Å². The number of cyclic esters (lactones) is 1. The molecular weight excluding hydrogens is 368 g/mol. The molecule has 1 aliphatic rings. The summed E-state index contributed by atoms with van der Waals surface area (Å²) in [6, 6.07) is 20.0. The number of thioether (sulfide) groups is 1. The van der Waals surface area contributed by atoms with E-state index in [2.05, 4.69) is 19.1 Å². The largest absolute Gasteiger partial charge is 0.511 e. The van der Waals surface area contributed by atoms with E-state index in [9.17, 15) is 9.90 Å². The number of unbranched alkanes of at least 4 members (excludes halogenated alkanes) is 2. The van der Waals surface area contributed by atoms with Crippen molar-refractivity contribution in [3.8, 4) is 0 Å². The molecule has 1 atom stereocenters. The Morgan fingerprint density at radius 3 is 2.36 bits per heavy atom. The molecule has 3 nitrogen and oxygen atoms in total. The van der Waals surface area contributed by atoms with Gasteiger partial charge < -0.3 is 9.84 Å². The number of carbonyl (C=O) groups is 1. The number of rotatable bonds is 9. The van der Waals surface area contributed by atoms with Crippen LogP contribution < -0.4 is 0 Å². The third-order valence-corrected chi connectivity index (χ3v) is 6.25. The molecule has 4 heteroatoms. The van der Waals surface area contributed by atoms with Gasteiger partial charge in [0.1, 0.15) is 16.3 Å². The predicted octanol–water partition coefficient (Wildman–Crippen LogP) is 6.15. The highest BCUT2D eigenvalue weighted by Gasteiger charge is 2.43. The smallest absolute Gasteiger partial charge is 0.348 e. The molecule has 2 aromatic carbocycles. The van der Waals surface area contributed by atoms with Crippen molar-refractivity contribution in [2.24, 2.45) is 0 Å². The molecule has 0 aromatic heterocycles. The molecule has 0 saturated heterocycles. The van der Waals surface area contributed by atoms with Gasteiger partial charge in [-0.15, -0.1) is 11.8 Å². The van der Waals surface area contributed by atoms with Crippen molar-refractivity contribution >= 4 is 17.7 Å². The fourth-order valence-corrected chi connectivity index (χ4v) is 4.57. The van der Waals surface area contributed by atoms with E-state index in [0.717, 1.165) is 43.4 Å². The second-order valence-electron chi connectivity index (χ2n) is 7.24. The number of ether oxygens (including phenoxy) is 1. The minimum absolute atomic E-state index is 0.162. The number of aryl methyl sites for hydroxylation is 1. The molecule has 0 aliphatic carbocycles. The number of aliphatic hydroxyl groups is 1. The van der Waals surface area contributed by atoms with Crippen LogP contribution in [-0.4, -0.2) is 16.8 Å².